The van der Waals surface area contributed by atoms with Gasteiger partial charge in [0.2, 0.25) is 0 Å². The summed E-state index contributed by atoms with van der Waals surface area (Å²) in [6.45, 7) is 7.54. The van der Waals surface area contributed by atoms with E-state index in [-0.39, 0.29) is 0 Å². The molecule has 0 atom stereocenters. The van der Waals surface area contributed by atoms with Gasteiger partial charge in [-0.2, -0.15) is 0 Å². The fourth-order valence-electron chi connectivity index (χ4n) is 2.53. The van der Waals surface area contributed by atoms with Gasteiger partial charge in [-0.15, -0.1) is 0 Å². The van der Waals surface area contributed by atoms with Gasteiger partial charge in [-0.25, -0.2) is 0 Å². The predicted molar refractivity (Wildman–Crippen MR) is 81.6 cm³/mol. The van der Waals surface area contributed by atoms with Crippen molar-refractivity contribution in [3.63, 3.8) is 0 Å². The van der Waals surface area contributed by atoms with Crippen LogP contribution in [0.5, 0.6) is 0 Å². The summed E-state index contributed by atoms with van der Waals surface area (Å²) >= 11 is 0. The van der Waals surface area contributed by atoms with E-state index < -0.39 is 6.60 Å². The Hall–Kier alpha value is -1.13. The van der Waals surface area contributed by atoms with Gasteiger partial charge >= 0.3 is 104 Å². The molecule has 90 valence electrons. The second-order valence-electron chi connectivity index (χ2n) is 5.92. The summed E-state index contributed by atoms with van der Waals surface area (Å²) in [4.78, 5) is 0. The molecular formula is C16H21P. The first-order valence-electron chi connectivity index (χ1n) is 6.03. The van der Waals surface area contributed by atoms with Gasteiger partial charge in [-0.05, 0) is 0 Å². The van der Waals surface area contributed by atoms with Crippen molar-refractivity contribution in [2.24, 2.45) is 0 Å². The summed E-state index contributed by atoms with van der Waals surface area (Å²) in [6.07, 6.45) is 0. The monoisotopic (exact) mass is 244 g/mol. The normalized spacial score (nSPS) is 14.0. The molecule has 0 saturated carbocycles. The molecule has 0 aromatic heterocycles. The summed E-state index contributed by atoms with van der Waals surface area (Å²) in [5, 5.41) is 3.00. The molecule has 0 amide bonds. The average Bonchev–Trinajstić information content (AvgIpc) is 2.30. The first kappa shape index (κ1) is 12.3. The van der Waals surface area contributed by atoms with Crippen LogP contribution in [0.2, 0.25) is 0 Å². The number of benzene rings is 2. The second-order valence-corrected chi connectivity index (χ2v) is 12.5. The topological polar surface area (TPSA) is 0 Å². The van der Waals surface area contributed by atoms with Crippen molar-refractivity contribution in [1.82, 2.24) is 0 Å². The first-order valence-corrected chi connectivity index (χ1v) is 9.60. The Morgan fingerprint density at radius 3 is 1.82 bits per heavy atom. The Bertz CT molecular complexity index is 518. The van der Waals surface area contributed by atoms with Crippen LogP contribution in [-0.4, -0.2) is 20.0 Å². The summed E-state index contributed by atoms with van der Waals surface area (Å²) in [6, 6.07) is 19.7. The van der Waals surface area contributed by atoms with Crippen molar-refractivity contribution in [3.05, 3.63) is 60.2 Å². The first-order chi connectivity index (χ1) is 7.90. The van der Waals surface area contributed by atoms with Crippen LogP contribution in [-0.2, 0) is 0 Å². The maximum atomic E-state index is 2.43. The summed E-state index contributed by atoms with van der Waals surface area (Å²) in [7, 11) is 0. The summed E-state index contributed by atoms with van der Waals surface area (Å²) < 4.78 is 0. The second kappa shape index (κ2) is 3.96. The summed E-state index contributed by atoms with van der Waals surface area (Å²) in [5.74, 6) is 0. The molecule has 2 aromatic rings. The van der Waals surface area contributed by atoms with Crippen LogP contribution in [0.15, 0.2) is 54.6 Å². The van der Waals surface area contributed by atoms with Gasteiger partial charge in [-0.1, -0.05) is 0 Å². The van der Waals surface area contributed by atoms with Gasteiger partial charge in [0, 0.05) is 0 Å². The molecule has 0 aliphatic rings. The van der Waals surface area contributed by atoms with Gasteiger partial charge < -0.3 is 0 Å². The fourth-order valence-corrected chi connectivity index (χ4v) is 5.94. The van der Waals surface area contributed by atoms with Crippen molar-refractivity contribution in [2.75, 3.05) is 20.0 Å². The van der Waals surface area contributed by atoms with Gasteiger partial charge in [0.05, 0.1) is 0 Å². The average molecular weight is 244 g/mol. The zero-order valence-corrected chi connectivity index (χ0v) is 12.0. The van der Waals surface area contributed by atoms with Crippen LogP contribution in [0.4, 0.5) is 0 Å². The zero-order chi connectivity index (χ0) is 12.5. The van der Waals surface area contributed by atoms with E-state index in [0.717, 1.165) is 0 Å². The molecule has 0 bridgehead atoms. The van der Waals surface area contributed by atoms with Crippen LogP contribution >= 0.6 is 6.60 Å². The number of hydrogen-bond donors (Lipinski definition) is 0. The third kappa shape index (κ3) is 2.15. The molecule has 1 heteroatoms. The molecule has 2 aromatic carbocycles. The van der Waals surface area contributed by atoms with Crippen LogP contribution in [0, 0.1) is 6.92 Å². The minimum absolute atomic E-state index is 1.40. The number of aryl methyl sites for hydroxylation is 1. The van der Waals surface area contributed by atoms with Gasteiger partial charge in [0.1, 0.15) is 0 Å². The zero-order valence-electron chi connectivity index (χ0n) is 11.1. The van der Waals surface area contributed by atoms with Crippen molar-refractivity contribution < 1.29 is 0 Å². The van der Waals surface area contributed by atoms with E-state index in [4.69, 9.17) is 0 Å². The van der Waals surface area contributed by atoms with Crippen molar-refractivity contribution >= 4 is 17.2 Å². The predicted octanol–water partition coefficient (Wildman–Crippen LogP) is 3.39. The quantitative estimate of drug-likeness (QED) is 0.710. The molecular weight excluding hydrogens is 223 g/mol. The molecule has 0 unspecified atom stereocenters. The molecule has 0 fully saturated rings. The Balaban J connectivity index is 2.67. The van der Waals surface area contributed by atoms with E-state index in [0.29, 0.717) is 0 Å². The van der Waals surface area contributed by atoms with Crippen LogP contribution in [0.25, 0.3) is 0 Å². The van der Waals surface area contributed by atoms with Crippen molar-refractivity contribution in [2.45, 2.75) is 6.92 Å². The van der Waals surface area contributed by atoms with E-state index >= 15 is 0 Å². The molecule has 0 aliphatic heterocycles. The third-order valence-corrected chi connectivity index (χ3v) is 7.91. The molecule has 0 heterocycles. The van der Waals surface area contributed by atoms with Gasteiger partial charge in [0.25, 0.3) is 0 Å². The van der Waals surface area contributed by atoms with Crippen molar-refractivity contribution in [1.29, 1.82) is 0 Å². The molecule has 0 aliphatic carbocycles. The van der Waals surface area contributed by atoms with E-state index in [1.54, 1.807) is 0 Å². The SMILES string of the molecule is Cc1ccccc1P(C)(C)(C)c1ccccc1. The van der Waals surface area contributed by atoms with Gasteiger partial charge in [0.15, 0.2) is 0 Å². The van der Waals surface area contributed by atoms with E-state index in [1.807, 2.05) is 0 Å². The Morgan fingerprint density at radius 2 is 1.24 bits per heavy atom. The Morgan fingerprint density at radius 1 is 0.706 bits per heavy atom. The van der Waals surface area contributed by atoms with Crippen LogP contribution in [0.3, 0.4) is 0 Å². The summed E-state index contributed by atoms with van der Waals surface area (Å²) in [5.41, 5.74) is 1.40. The minimum atomic E-state index is -1.98. The molecule has 0 saturated heterocycles. The van der Waals surface area contributed by atoms with E-state index in [9.17, 15) is 0 Å². The third-order valence-electron chi connectivity index (χ3n) is 3.62. The maximum absolute atomic E-state index is 2.43. The molecule has 17 heavy (non-hydrogen) atoms. The fraction of sp³-hybridized carbons (Fsp3) is 0.250. The number of hydrogen-bond acceptors (Lipinski definition) is 0. The van der Waals surface area contributed by atoms with Gasteiger partial charge in [-0.3, -0.25) is 0 Å². The molecule has 0 spiro atoms. The Kier molecular flexibility index (Phi) is 2.87. The van der Waals surface area contributed by atoms with Crippen LogP contribution in [0.1, 0.15) is 5.56 Å². The molecule has 0 nitrogen and oxygen atoms in total. The van der Waals surface area contributed by atoms with Crippen LogP contribution < -0.4 is 10.6 Å². The molecule has 2 rings (SSSR count). The van der Waals surface area contributed by atoms with E-state index in [1.165, 1.54) is 16.2 Å². The van der Waals surface area contributed by atoms with Crippen molar-refractivity contribution in [3.8, 4) is 0 Å². The standard InChI is InChI=1S/C16H21P/c1-14-10-8-9-13-16(14)17(2,3,4)15-11-6-5-7-12-15/h5-13H,1-4H3. The Labute approximate surface area is 105 Å². The molecule has 0 N–H and O–H groups in total. The van der Waals surface area contributed by atoms with E-state index in [2.05, 4.69) is 81.5 Å². The number of rotatable bonds is 2. The molecule has 0 radical (unpaired) electrons.